The molecular weight excluding hydrogens is 303 g/mol. The molecule has 1 N–H and O–H groups in total. The summed E-state index contributed by atoms with van der Waals surface area (Å²) < 4.78 is 0. The van der Waals surface area contributed by atoms with Crippen molar-refractivity contribution in [3.8, 4) is 0 Å². The van der Waals surface area contributed by atoms with Gasteiger partial charge in [-0.3, -0.25) is 0 Å². The van der Waals surface area contributed by atoms with E-state index in [4.69, 9.17) is 23.2 Å². The molecule has 1 saturated heterocycles. The minimum Gasteiger partial charge on any atom is -0.381 e. The van der Waals surface area contributed by atoms with Crippen LogP contribution in [-0.2, 0) is 0 Å². The Bertz CT molecular complexity index is 474. The van der Waals surface area contributed by atoms with Gasteiger partial charge in [0.25, 0.3) is 0 Å². The average Bonchev–Trinajstić information content (AvgIpc) is 2.45. The summed E-state index contributed by atoms with van der Waals surface area (Å²) in [6.45, 7) is 10.1. The molecule has 2 rings (SSSR count). The SMILES string of the molecule is CCCN1CCCC(C(C)Nc2cc(Cl)c(C)cc2Cl)C1. The van der Waals surface area contributed by atoms with Crippen LogP contribution in [0.5, 0.6) is 0 Å². The molecule has 0 aliphatic carbocycles. The fourth-order valence-electron chi connectivity index (χ4n) is 3.14. The third-order valence-corrected chi connectivity index (χ3v) is 5.14. The quantitative estimate of drug-likeness (QED) is 0.796. The standard InChI is InChI=1S/C17H26Cl2N2/c1-4-7-21-8-5-6-14(11-21)13(3)20-17-10-15(18)12(2)9-16(17)19/h9-10,13-14,20H,4-8,11H2,1-3H3. The van der Waals surface area contributed by atoms with Crippen molar-refractivity contribution in [1.29, 1.82) is 0 Å². The second-order valence-corrected chi connectivity index (χ2v) is 7.03. The van der Waals surface area contributed by atoms with Gasteiger partial charge in [0.2, 0.25) is 0 Å². The lowest BCUT2D eigenvalue weighted by Crippen LogP contribution is -2.42. The molecule has 0 saturated carbocycles. The maximum atomic E-state index is 6.33. The molecule has 1 fully saturated rings. The van der Waals surface area contributed by atoms with Crippen molar-refractivity contribution >= 4 is 28.9 Å². The highest BCUT2D eigenvalue weighted by Gasteiger charge is 2.24. The molecule has 4 heteroatoms. The van der Waals surface area contributed by atoms with Gasteiger partial charge in [0.15, 0.2) is 0 Å². The molecular formula is C17H26Cl2N2. The normalized spacial score (nSPS) is 21.3. The van der Waals surface area contributed by atoms with E-state index in [1.165, 1.54) is 38.9 Å². The Kier molecular flexibility index (Phi) is 6.21. The summed E-state index contributed by atoms with van der Waals surface area (Å²) in [4.78, 5) is 2.58. The number of piperidine rings is 1. The zero-order valence-electron chi connectivity index (χ0n) is 13.3. The molecule has 1 aromatic rings. The van der Waals surface area contributed by atoms with E-state index in [0.29, 0.717) is 12.0 Å². The van der Waals surface area contributed by atoms with E-state index < -0.39 is 0 Å². The number of aryl methyl sites for hydroxylation is 1. The monoisotopic (exact) mass is 328 g/mol. The molecule has 0 radical (unpaired) electrons. The van der Waals surface area contributed by atoms with Crippen molar-refractivity contribution in [2.24, 2.45) is 5.92 Å². The van der Waals surface area contributed by atoms with E-state index in [0.717, 1.165) is 21.3 Å². The van der Waals surface area contributed by atoms with Gasteiger partial charge in [-0.25, -0.2) is 0 Å². The largest absolute Gasteiger partial charge is 0.381 e. The third-order valence-electron chi connectivity index (χ3n) is 4.42. The molecule has 2 atom stereocenters. The van der Waals surface area contributed by atoms with Gasteiger partial charge in [-0.1, -0.05) is 30.1 Å². The first-order valence-corrected chi connectivity index (χ1v) is 8.71. The van der Waals surface area contributed by atoms with E-state index in [1.54, 1.807) is 0 Å². The number of nitrogens with zero attached hydrogens (tertiary/aromatic N) is 1. The van der Waals surface area contributed by atoms with Crippen molar-refractivity contribution in [2.75, 3.05) is 25.0 Å². The van der Waals surface area contributed by atoms with E-state index >= 15 is 0 Å². The van der Waals surface area contributed by atoms with Gasteiger partial charge in [-0.05, 0) is 69.8 Å². The van der Waals surface area contributed by atoms with Crippen LogP contribution in [0.4, 0.5) is 5.69 Å². The highest BCUT2D eigenvalue weighted by atomic mass is 35.5. The summed E-state index contributed by atoms with van der Waals surface area (Å²) >= 11 is 12.5. The highest BCUT2D eigenvalue weighted by molar-refractivity contribution is 6.35. The molecule has 1 aliphatic heterocycles. The maximum absolute atomic E-state index is 6.33. The lowest BCUT2D eigenvalue weighted by atomic mass is 9.91. The Hall–Kier alpha value is -0.440. The van der Waals surface area contributed by atoms with E-state index in [-0.39, 0.29) is 0 Å². The summed E-state index contributed by atoms with van der Waals surface area (Å²) in [5, 5.41) is 5.09. The van der Waals surface area contributed by atoms with Crippen molar-refractivity contribution in [3.05, 3.63) is 27.7 Å². The Labute approximate surface area is 138 Å². The Morgan fingerprint density at radius 1 is 1.33 bits per heavy atom. The van der Waals surface area contributed by atoms with Gasteiger partial charge in [-0.15, -0.1) is 0 Å². The number of halogens is 2. The van der Waals surface area contributed by atoms with Gasteiger partial charge < -0.3 is 10.2 Å². The molecule has 21 heavy (non-hydrogen) atoms. The second-order valence-electron chi connectivity index (χ2n) is 6.22. The number of rotatable bonds is 5. The molecule has 2 nitrogen and oxygen atoms in total. The average molecular weight is 329 g/mol. The van der Waals surface area contributed by atoms with Gasteiger partial charge in [0.05, 0.1) is 10.7 Å². The first-order chi connectivity index (χ1) is 10.0. The zero-order valence-corrected chi connectivity index (χ0v) is 14.8. The molecule has 118 valence electrons. The summed E-state index contributed by atoms with van der Waals surface area (Å²) in [5.41, 5.74) is 1.97. The zero-order chi connectivity index (χ0) is 15.4. The smallest absolute Gasteiger partial charge is 0.0641 e. The van der Waals surface area contributed by atoms with Crippen LogP contribution in [0.1, 0.15) is 38.7 Å². The van der Waals surface area contributed by atoms with Crippen LogP contribution in [0.25, 0.3) is 0 Å². The minimum atomic E-state index is 0.404. The van der Waals surface area contributed by atoms with Crippen LogP contribution in [0.3, 0.4) is 0 Å². The number of hydrogen-bond acceptors (Lipinski definition) is 2. The van der Waals surface area contributed by atoms with Gasteiger partial charge in [-0.2, -0.15) is 0 Å². The Balaban J connectivity index is 2.00. The summed E-state index contributed by atoms with van der Waals surface area (Å²) in [6.07, 6.45) is 3.80. The maximum Gasteiger partial charge on any atom is 0.0641 e. The van der Waals surface area contributed by atoms with Gasteiger partial charge >= 0.3 is 0 Å². The molecule has 2 unspecified atom stereocenters. The Morgan fingerprint density at radius 2 is 2.10 bits per heavy atom. The summed E-state index contributed by atoms with van der Waals surface area (Å²) in [5.74, 6) is 0.668. The summed E-state index contributed by atoms with van der Waals surface area (Å²) in [7, 11) is 0. The van der Waals surface area contributed by atoms with Crippen molar-refractivity contribution in [2.45, 2.75) is 46.1 Å². The van der Waals surface area contributed by atoms with Crippen LogP contribution in [0.2, 0.25) is 10.0 Å². The van der Waals surface area contributed by atoms with Crippen LogP contribution in [-0.4, -0.2) is 30.6 Å². The molecule has 0 spiro atoms. The Morgan fingerprint density at radius 3 is 2.81 bits per heavy atom. The molecule has 1 heterocycles. The van der Waals surface area contributed by atoms with Crippen molar-refractivity contribution < 1.29 is 0 Å². The highest BCUT2D eigenvalue weighted by Crippen LogP contribution is 2.31. The van der Waals surface area contributed by atoms with E-state index in [1.807, 2.05) is 19.1 Å². The number of nitrogens with one attached hydrogen (secondary N) is 1. The number of likely N-dealkylation sites (tertiary alicyclic amines) is 1. The van der Waals surface area contributed by atoms with Crippen LogP contribution in [0, 0.1) is 12.8 Å². The van der Waals surface area contributed by atoms with E-state index in [2.05, 4.69) is 24.1 Å². The molecule has 0 bridgehead atoms. The number of anilines is 1. The van der Waals surface area contributed by atoms with E-state index in [9.17, 15) is 0 Å². The van der Waals surface area contributed by atoms with Crippen molar-refractivity contribution in [3.63, 3.8) is 0 Å². The fourth-order valence-corrected chi connectivity index (χ4v) is 3.58. The number of benzene rings is 1. The van der Waals surface area contributed by atoms with Crippen LogP contribution in [0.15, 0.2) is 12.1 Å². The first kappa shape index (κ1) is 16.9. The predicted molar refractivity (Wildman–Crippen MR) is 93.7 cm³/mol. The lowest BCUT2D eigenvalue weighted by Gasteiger charge is -2.36. The molecule has 1 aliphatic rings. The van der Waals surface area contributed by atoms with Crippen LogP contribution >= 0.6 is 23.2 Å². The van der Waals surface area contributed by atoms with Crippen LogP contribution < -0.4 is 5.32 Å². The lowest BCUT2D eigenvalue weighted by molar-refractivity contribution is 0.165. The minimum absolute atomic E-state index is 0.404. The second kappa shape index (κ2) is 7.71. The fraction of sp³-hybridized carbons (Fsp3) is 0.647. The molecule has 0 amide bonds. The molecule has 1 aromatic carbocycles. The molecule has 0 aromatic heterocycles. The topological polar surface area (TPSA) is 15.3 Å². The summed E-state index contributed by atoms with van der Waals surface area (Å²) in [6, 6.07) is 4.28. The van der Waals surface area contributed by atoms with Gasteiger partial charge in [0, 0.05) is 17.6 Å². The van der Waals surface area contributed by atoms with Crippen molar-refractivity contribution in [1.82, 2.24) is 4.90 Å². The van der Waals surface area contributed by atoms with Gasteiger partial charge in [0.1, 0.15) is 0 Å². The predicted octanol–water partition coefficient (Wildman–Crippen LogP) is 5.22. The third kappa shape index (κ3) is 4.51. The first-order valence-electron chi connectivity index (χ1n) is 7.95. The number of hydrogen-bond donors (Lipinski definition) is 1.